The van der Waals surface area contributed by atoms with Gasteiger partial charge in [0.05, 0.1) is 55.0 Å². The van der Waals surface area contributed by atoms with Gasteiger partial charge in [0.15, 0.2) is 0 Å². The van der Waals surface area contributed by atoms with Crippen LogP contribution in [0.4, 0.5) is 0 Å². The van der Waals surface area contributed by atoms with Crippen molar-refractivity contribution in [3.63, 3.8) is 0 Å². The van der Waals surface area contributed by atoms with Crippen LogP contribution in [-0.2, 0) is 0 Å². The van der Waals surface area contributed by atoms with E-state index in [1.165, 1.54) is 52.9 Å². The summed E-state index contributed by atoms with van der Waals surface area (Å²) in [5.74, 6) is 0. The summed E-state index contributed by atoms with van der Waals surface area (Å²) in [6, 6.07) is 18.2. The van der Waals surface area contributed by atoms with E-state index in [0.717, 1.165) is 163 Å². The summed E-state index contributed by atoms with van der Waals surface area (Å²) in [5, 5.41) is 4.12. The number of pyridine rings is 2. The second-order valence-corrected chi connectivity index (χ2v) is 28.6. The first-order chi connectivity index (χ1) is 46.8. The number of hydrogen-bond acceptors (Lipinski definition) is 8. The van der Waals surface area contributed by atoms with Gasteiger partial charge in [-0.1, -0.05) is 231 Å². The highest BCUT2D eigenvalue weighted by atomic mass is 35.5. The van der Waals surface area contributed by atoms with E-state index in [1.54, 1.807) is 72.8 Å². The molecular weight excluding hydrogens is 1250 g/mol. The smallest absolute Gasteiger partial charge is 0.271 e. The lowest BCUT2D eigenvalue weighted by Gasteiger charge is -2.26. The Morgan fingerprint density at radius 1 is 0.281 bits per heavy atom. The minimum absolute atomic E-state index is 0.137. The van der Waals surface area contributed by atoms with Crippen LogP contribution in [0.5, 0.6) is 0 Å². The minimum atomic E-state index is -0.778. The molecule has 13 rings (SSSR count). The van der Waals surface area contributed by atoms with Crippen LogP contribution >= 0.6 is 23.2 Å². The first-order valence-electron chi connectivity index (χ1n) is 36.4. The van der Waals surface area contributed by atoms with Gasteiger partial charge >= 0.3 is 22.8 Å². The molecule has 6 aromatic heterocycles. The Hall–Kier alpha value is -7.82. The fraction of sp³-hybridized carbons (Fsp3) is 0.487. The molecule has 0 bridgehead atoms. The molecule has 0 aliphatic rings. The molecule has 0 spiro atoms. The summed E-state index contributed by atoms with van der Waals surface area (Å²) < 4.78 is 9.99. The van der Waals surface area contributed by atoms with Gasteiger partial charge in [-0.15, -0.1) is 0 Å². The van der Waals surface area contributed by atoms with E-state index in [9.17, 15) is 0 Å². The molecule has 0 amide bonds. The first-order valence-corrected chi connectivity index (χ1v) is 37.1. The Balaban J connectivity index is 1.16. The molecule has 0 radical (unpaired) electrons. The number of halogens is 2. The largest absolute Gasteiger partial charge is 0.356 e. The number of hydrogen-bond donors (Lipinski definition) is 0. The maximum atomic E-state index is 16.2. The molecule has 0 fully saturated rings. The van der Waals surface area contributed by atoms with Crippen molar-refractivity contribution >= 4 is 110 Å². The fourth-order valence-electron chi connectivity index (χ4n) is 16.4. The zero-order valence-electron chi connectivity index (χ0n) is 56.3. The maximum absolute atomic E-state index is 16.2. The lowest BCUT2D eigenvalue weighted by molar-refractivity contribution is 0.381. The predicted octanol–water partition coefficient (Wildman–Crippen LogP) is 17.8. The van der Waals surface area contributed by atoms with Crippen molar-refractivity contribution in [2.24, 2.45) is 0 Å². The van der Waals surface area contributed by atoms with Crippen LogP contribution in [0.25, 0.3) is 98.1 Å². The zero-order chi connectivity index (χ0) is 67.1. The van der Waals surface area contributed by atoms with Gasteiger partial charge in [0.2, 0.25) is 0 Å². The van der Waals surface area contributed by atoms with Crippen LogP contribution in [0.1, 0.15) is 245 Å². The summed E-state index contributed by atoms with van der Waals surface area (Å²) in [5.41, 5.74) is -4.22. The molecule has 7 aromatic carbocycles. The molecule has 0 atom stereocenters. The Kier molecular flexibility index (Phi) is 20.0. The summed E-state index contributed by atoms with van der Waals surface area (Å²) in [6.07, 6.45) is 31.5. The van der Waals surface area contributed by atoms with Gasteiger partial charge in [-0.25, -0.2) is 28.3 Å². The summed E-state index contributed by atoms with van der Waals surface area (Å²) in [4.78, 5) is 128. The molecule has 13 aromatic rings. The Morgan fingerprint density at radius 2 is 0.500 bits per heavy atom. The lowest BCUT2D eigenvalue weighted by atomic mass is 9.83. The van der Waals surface area contributed by atoms with E-state index in [4.69, 9.17) is 23.2 Å². The molecule has 0 saturated carbocycles. The van der Waals surface area contributed by atoms with E-state index in [1.807, 2.05) is 0 Å². The average molecular weight is 1340 g/mol. The van der Waals surface area contributed by atoms with E-state index < -0.39 is 57.1 Å². The van der Waals surface area contributed by atoms with Gasteiger partial charge in [-0.3, -0.25) is 28.3 Å². The molecule has 504 valence electrons. The van der Waals surface area contributed by atoms with Crippen LogP contribution in [0.2, 0.25) is 10.0 Å². The normalized spacial score (nSPS) is 12.7. The predicted molar refractivity (Wildman–Crippen MR) is 395 cm³/mol. The van der Waals surface area contributed by atoms with Gasteiger partial charge in [0.25, 0.3) is 22.2 Å². The number of aromatic nitrogens is 8. The zero-order valence-corrected chi connectivity index (χ0v) is 57.8. The maximum Gasteiger partial charge on any atom is 0.356 e. The number of benzene rings is 7. The number of rotatable bonds is 36. The second kappa shape index (κ2) is 28.7. The van der Waals surface area contributed by atoms with Crippen molar-refractivity contribution in [3.8, 4) is 11.4 Å². The third kappa shape index (κ3) is 11.6. The van der Waals surface area contributed by atoms with Crippen LogP contribution in [0.15, 0.2) is 111 Å². The molecule has 0 aliphatic carbocycles. The Bertz CT molecular complexity index is 4830. The summed E-state index contributed by atoms with van der Waals surface area (Å²) >= 11 is 12.9. The summed E-state index contributed by atoms with van der Waals surface area (Å²) in [6.45, 7) is 8.79. The van der Waals surface area contributed by atoms with Crippen molar-refractivity contribution in [1.82, 2.24) is 36.3 Å². The van der Waals surface area contributed by atoms with Crippen LogP contribution < -0.4 is 45.0 Å². The lowest BCUT2D eigenvalue weighted by Crippen LogP contribution is -2.37. The average Bonchev–Trinajstić information content (AvgIpc) is 1.08. The monoisotopic (exact) mass is 1340 g/mol. The molecule has 0 aliphatic heterocycles. The Morgan fingerprint density at radius 3 is 0.729 bits per heavy atom. The van der Waals surface area contributed by atoms with Crippen molar-refractivity contribution in [1.29, 1.82) is 0 Å². The number of fused-ring (bicyclic) bond motifs is 6. The topological polar surface area (TPSA) is 174 Å². The van der Waals surface area contributed by atoms with Crippen molar-refractivity contribution in [3.05, 3.63) is 166 Å². The minimum Gasteiger partial charge on any atom is -0.271 e. The van der Waals surface area contributed by atoms with E-state index >= 15 is 38.4 Å². The molecule has 6 heterocycles. The second-order valence-electron chi connectivity index (χ2n) is 27.7. The molecule has 96 heavy (non-hydrogen) atoms. The van der Waals surface area contributed by atoms with Gasteiger partial charge in [-0.05, 0) is 98.5 Å². The molecule has 18 heteroatoms. The third-order valence-electron chi connectivity index (χ3n) is 21.3. The molecule has 0 saturated heterocycles. The van der Waals surface area contributed by atoms with E-state index in [2.05, 4.69) is 27.7 Å². The first kappa shape index (κ1) is 66.8. The van der Waals surface area contributed by atoms with Crippen LogP contribution in [0.3, 0.4) is 0 Å². The molecule has 16 nitrogen and oxygen atoms in total. The summed E-state index contributed by atoms with van der Waals surface area (Å²) in [7, 11) is 0. The van der Waals surface area contributed by atoms with Gasteiger partial charge in [0, 0.05) is 65.2 Å². The molecular formula is C78H90Cl2N8O8. The van der Waals surface area contributed by atoms with Crippen LogP contribution in [0, 0.1) is 0 Å². The van der Waals surface area contributed by atoms with Crippen molar-refractivity contribution in [2.75, 3.05) is 0 Å². The fourth-order valence-corrected chi connectivity index (χ4v) is 16.7. The SMILES string of the molecule is CCCCCCCCCC(CCCCCCCCC)n1c(=O)c2cc3c4c5c2c(cc2c5c5c6c7c(cc(c64)n4c(=O)n(-c6ccc(Cl)cc6)c(=O)n34)c(=O)n(C(CCCCCCCCC)CCCCCCCCC)c(=O)c7cc5n3c(=O)n(-c4ccc(Cl)cc4)c(=O)n23)c1=O. The quantitative estimate of drug-likeness (QED) is 0.0212. The molecule has 0 N–H and O–H groups in total. The number of unbranched alkanes of at least 4 members (excludes halogenated alkanes) is 24. The highest BCUT2D eigenvalue weighted by Crippen LogP contribution is 2.51. The van der Waals surface area contributed by atoms with E-state index in [-0.39, 0.29) is 55.0 Å². The molecule has 0 unspecified atom stereocenters. The Labute approximate surface area is 565 Å². The highest BCUT2D eigenvalue weighted by molar-refractivity contribution is 6.48. The van der Waals surface area contributed by atoms with E-state index in [0.29, 0.717) is 78.8 Å². The highest BCUT2D eigenvalue weighted by Gasteiger charge is 2.35. The van der Waals surface area contributed by atoms with Gasteiger partial charge < -0.3 is 0 Å². The van der Waals surface area contributed by atoms with Crippen molar-refractivity contribution in [2.45, 2.75) is 245 Å². The standard InChI is InChI=1S/C78H90Cl2N8O8/c1-5-9-13-17-21-25-29-33-51(34-30-26-22-18-14-10-6-2)81-71(89)55-45-59-65-67-61(87-77(95)83(75(93)85(59)87)53-41-37-49(79)38-42-53)47-57-64-58(74(92)82(73(57)91)52(35-31-27-23-19-15-11-7-3)36-32-28-24-20-16-12-8-4)48-62-68(70(64)67)66-60(46-56(72(81)90)63(55)69(65)66)86-76(94)84(78(96)88(62)86)54-43-39-50(80)40-44-54/h37-48,51-52H,5-36H2,1-4H3. The van der Waals surface area contributed by atoms with Crippen molar-refractivity contribution < 1.29 is 0 Å². The number of nitrogens with zero attached hydrogens (tertiary/aromatic N) is 8. The third-order valence-corrected chi connectivity index (χ3v) is 21.8. The van der Waals surface area contributed by atoms with Crippen LogP contribution in [-0.4, -0.2) is 36.3 Å². The van der Waals surface area contributed by atoms with Gasteiger partial charge in [0.1, 0.15) is 0 Å². The van der Waals surface area contributed by atoms with Gasteiger partial charge in [-0.2, -0.15) is 18.1 Å².